The van der Waals surface area contributed by atoms with Gasteiger partial charge in [0, 0.05) is 5.70 Å². The third kappa shape index (κ3) is 2.03. The molecule has 0 radical (unpaired) electrons. The van der Waals surface area contributed by atoms with Gasteiger partial charge in [0.25, 0.3) is 9.45 Å². The molecule has 15 heavy (non-hydrogen) atoms. The first-order valence-corrected chi connectivity index (χ1v) is 7.38. The molecule has 1 aliphatic heterocycles. The number of halogens is 1. The lowest BCUT2D eigenvalue weighted by atomic mass is 10.4. The van der Waals surface area contributed by atoms with Crippen LogP contribution in [0.4, 0.5) is 0 Å². The largest absolute Gasteiger partial charge is 0.354 e. The molecule has 0 aromatic rings. The number of carbonyl (C=O) groups excluding carboxylic acids is 1. The van der Waals surface area contributed by atoms with Gasteiger partial charge in [-0.05, 0) is 23.4 Å². The van der Waals surface area contributed by atoms with Crippen LogP contribution in [0.5, 0.6) is 0 Å². The molecule has 0 saturated heterocycles. The van der Waals surface area contributed by atoms with Crippen molar-refractivity contribution in [3.63, 3.8) is 0 Å². The van der Waals surface area contributed by atoms with E-state index in [1.54, 1.807) is 5.41 Å². The standard InChI is InChI=1S/C8H12ClNO3S2/c1-3-6-5-14-8(10-6,7(9)11)15(12,13)4-2/h5,10H,3-4H2,1-2H3. The van der Waals surface area contributed by atoms with Crippen molar-refractivity contribution in [1.29, 1.82) is 0 Å². The molecule has 7 heteroatoms. The molecule has 0 spiro atoms. The molecule has 0 amide bonds. The predicted molar refractivity (Wildman–Crippen MR) is 62.2 cm³/mol. The van der Waals surface area contributed by atoms with E-state index in [0.717, 1.165) is 11.8 Å². The molecule has 0 aliphatic carbocycles. The Morgan fingerprint density at radius 3 is 2.53 bits per heavy atom. The van der Waals surface area contributed by atoms with Gasteiger partial charge in [-0.3, -0.25) is 4.79 Å². The molecule has 1 rings (SSSR count). The topological polar surface area (TPSA) is 63.2 Å². The van der Waals surface area contributed by atoms with E-state index in [0.29, 0.717) is 12.1 Å². The van der Waals surface area contributed by atoms with Gasteiger partial charge in [0.2, 0.25) is 0 Å². The summed E-state index contributed by atoms with van der Waals surface area (Å²) < 4.78 is 21.9. The quantitative estimate of drug-likeness (QED) is 0.783. The second kappa shape index (κ2) is 4.35. The number of carbonyl (C=O) groups is 1. The van der Waals surface area contributed by atoms with Gasteiger partial charge in [0.05, 0.1) is 5.75 Å². The van der Waals surface area contributed by atoms with Gasteiger partial charge >= 0.3 is 0 Å². The van der Waals surface area contributed by atoms with Gasteiger partial charge in [0.1, 0.15) is 0 Å². The minimum Gasteiger partial charge on any atom is -0.354 e. The van der Waals surface area contributed by atoms with E-state index >= 15 is 0 Å². The van der Waals surface area contributed by atoms with E-state index in [9.17, 15) is 13.2 Å². The monoisotopic (exact) mass is 269 g/mol. The highest BCUT2D eigenvalue weighted by atomic mass is 35.5. The predicted octanol–water partition coefficient (Wildman–Crippen LogP) is 1.43. The van der Waals surface area contributed by atoms with E-state index in [-0.39, 0.29) is 5.75 Å². The van der Waals surface area contributed by atoms with Gasteiger partial charge in [-0.1, -0.05) is 25.6 Å². The molecule has 1 atom stereocenters. The van der Waals surface area contributed by atoms with Crippen molar-refractivity contribution < 1.29 is 13.2 Å². The summed E-state index contributed by atoms with van der Waals surface area (Å²) in [5, 5.41) is 3.44. The SMILES string of the molecule is CCC1=CSC(C(=O)Cl)(S(=O)(=O)CC)N1. The molecule has 1 aliphatic rings. The Kier molecular flexibility index (Phi) is 3.73. The van der Waals surface area contributed by atoms with Gasteiger partial charge in [-0.15, -0.1) is 0 Å². The van der Waals surface area contributed by atoms with Gasteiger partial charge < -0.3 is 5.32 Å². The molecular weight excluding hydrogens is 258 g/mol. The molecule has 0 fully saturated rings. The molecule has 0 aromatic carbocycles. The van der Waals surface area contributed by atoms with Crippen molar-refractivity contribution in [1.82, 2.24) is 5.32 Å². The maximum Gasteiger partial charge on any atom is 0.273 e. The zero-order chi connectivity index (χ0) is 11.7. The first kappa shape index (κ1) is 12.9. The zero-order valence-corrected chi connectivity index (χ0v) is 10.8. The minimum absolute atomic E-state index is 0.129. The van der Waals surface area contributed by atoms with Crippen LogP contribution >= 0.6 is 23.4 Å². The minimum atomic E-state index is -3.58. The summed E-state index contributed by atoms with van der Waals surface area (Å²) in [7, 11) is -3.58. The molecule has 1 heterocycles. The summed E-state index contributed by atoms with van der Waals surface area (Å²) in [6, 6.07) is 0. The second-order valence-electron chi connectivity index (χ2n) is 3.03. The zero-order valence-electron chi connectivity index (χ0n) is 8.41. The molecule has 1 N–H and O–H groups in total. The highest BCUT2D eigenvalue weighted by Crippen LogP contribution is 2.39. The van der Waals surface area contributed by atoms with Crippen LogP contribution in [0, 0.1) is 0 Å². The Morgan fingerprint density at radius 1 is 1.60 bits per heavy atom. The van der Waals surface area contributed by atoms with Crippen LogP contribution in [0.2, 0.25) is 0 Å². The van der Waals surface area contributed by atoms with E-state index in [1.165, 1.54) is 6.92 Å². The van der Waals surface area contributed by atoms with Crippen LogP contribution in [0.3, 0.4) is 0 Å². The normalized spacial score (nSPS) is 25.9. The summed E-state index contributed by atoms with van der Waals surface area (Å²) in [6.07, 6.45) is 0.637. The maximum atomic E-state index is 11.8. The number of hydrogen-bond donors (Lipinski definition) is 1. The third-order valence-electron chi connectivity index (χ3n) is 2.15. The lowest BCUT2D eigenvalue weighted by molar-refractivity contribution is -0.112. The highest BCUT2D eigenvalue weighted by Gasteiger charge is 2.52. The van der Waals surface area contributed by atoms with Crippen molar-refractivity contribution in [2.24, 2.45) is 0 Å². The molecule has 4 nitrogen and oxygen atoms in total. The Bertz CT molecular complexity index is 404. The number of allylic oxidation sites excluding steroid dienone is 1. The van der Waals surface area contributed by atoms with Crippen molar-refractivity contribution in [3.05, 3.63) is 11.1 Å². The number of sulfone groups is 1. The third-order valence-corrected chi connectivity index (χ3v) is 6.65. The summed E-state index contributed by atoms with van der Waals surface area (Å²) >= 11 is 6.31. The van der Waals surface area contributed by atoms with Gasteiger partial charge in [0.15, 0.2) is 9.84 Å². The Morgan fingerprint density at radius 2 is 2.20 bits per heavy atom. The Labute approximate surface area is 98.4 Å². The number of nitrogens with one attached hydrogen (secondary N) is 1. The molecule has 0 saturated carbocycles. The number of rotatable bonds is 4. The van der Waals surface area contributed by atoms with Crippen molar-refractivity contribution >= 4 is 38.4 Å². The lowest BCUT2D eigenvalue weighted by Crippen LogP contribution is -2.51. The smallest absolute Gasteiger partial charge is 0.273 e. The maximum absolute atomic E-state index is 11.8. The van der Waals surface area contributed by atoms with Crippen LogP contribution in [0.25, 0.3) is 0 Å². The summed E-state index contributed by atoms with van der Waals surface area (Å²) in [5.41, 5.74) is 0.714. The number of hydrogen-bond acceptors (Lipinski definition) is 5. The average molecular weight is 270 g/mol. The van der Waals surface area contributed by atoms with Crippen molar-refractivity contribution in [2.45, 2.75) is 24.5 Å². The van der Waals surface area contributed by atoms with Crippen LogP contribution in [-0.2, 0) is 14.6 Å². The van der Waals surface area contributed by atoms with E-state index in [1.807, 2.05) is 6.92 Å². The second-order valence-corrected chi connectivity index (χ2v) is 7.14. The van der Waals surface area contributed by atoms with Crippen LogP contribution < -0.4 is 5.32 Å². The van der Waals surface area contributed by atoms with Crippen LogP contribution in [0.1, 0.15) is 20.3 Å². The first-order valence-electron chi connectivity index (χ1n) is 4.47. The Balaban J connectivity index is 3.12. The summed E-state index contributed by atoms with van der Waals surface area (Å²) in [4.78, 5) is 11.3. The van der Waals surface area contributed by atoms with Crippen LogP contribution in [0.15, 0.2) is 11.1 Å². The fourth-order valence-electron chi connectivity index (χ4n) is 1.17. The average Bonchev–Trinajstić information content (AvgIpc) is 2.63. The molecule has 1 unspecified atom stereocenters. The van der Waals surface area contributed by atoms with Crippen LogP contribution in [-0.4, -0.2) is 23.6 Å². The van der Waals surface area contributed by atoms with Gasteiger partial charge in [-0.25, -0.2) is 8.42 Å². The fraction of sp³-hybridized carbons (Fsp3) is 0.625. The van der Waals surface area contributed by atoms with E-state index < -0.39 is 19.3 Å². The van der Waals surface area contributed by atoms with Gasteiger partial charge in [-0.2, -0.15) is 0 Å². The summed E-state index contributed by atoms with van der Waals surface area (Å²) in [5.74, 6) is -0.129. The van der Waals surface area contributed by atoms with Crippen molar-refractivity contribution in [3.8, 4) is 0 Å². The molecule has 0 aromatic heterocycles. The lowest BCUT2D eigenvalue weighted by Gasteiger charge is -2.24. The first-order chi connectivity index (χ1) is 6.89. The summed E-state index contributed by atoms with van der Waals surface area (Å²) in [6.45, 7) is 3.36. The Hall–Kier alpha value is -0.200. The van der Waals surface area contributed by atoms with Crippen molar-refractivity contribution in [2.75, 3.05) is 5.75 Å². The van der Waals surface area contributed by atoms with E-state index in [4.69, 9.17) is 11.6 Å². The molecule has 0 bridgehead atoms. The van der Waals surface area contributed by atoms with E-state index in [2.05, 4.69) is 5.32 Å². The molecular formula is C8H12ClNO3S2. The fourth-order valence-corrected chi connectivity index (χ4v) is 4.54. The molecule has 86 valence electrons. The highest BCUT2D eigenvalue weighted by molar-refractivity contribution is 8.17. The number of thioether (sulfide) groups is 1.